The molecule has 1 unspecified atom stereocenters. The zero-order valence-corrected chi connectivity index (χ0v) is 16.1. The molecule has 0 aromatic carbocycles. The molecule has 0 N–H and O–H groups in total. The molecular weight excluding hydrogens is 298 g/mol. The van der Waals surface area contributed by atoms with Crippen LogP contribution in [0.3, 0.4) is 0 Å². The molecule has 4 nitrogen and oxygen atoms in total. The van der Waals surface area contributed by atoms with Gasteiger partial charge in [0.15, 0.2) is 0 Å². The van der Waals surface area contributed by atoms with Crippen LogP contribution in [0.4, 0.5) is 0 Å². The summed E-state index contributed by atoms with van der Waals surface area (Å²) >= 11 is 0. The average molecular weight is 336 g/mol. The van der Waals surface area contributed by atoms with Gasteiger partial charge in [-0.3, -0.25) is 4.79 Å². The highest BCUT2D eigenvalue weighted by molar-refractivity contribution is 5.82. The maximum atomic E-state index is 12.9. The Hall–Kier alpha value is -0.610. The van der Waals surface area contributed by atoms with Gasteiger partial charge in [-0.1, -0.05) is 26.7 Å². The van der Waals surface area contributed by atoms with E-state index in [1.165, 1.54) is 45.3 Å². The topological polar surface area (TPSA) is 26.8 Å². The smallest absolute Gasteiger partial charge is 0.226 e. The first-order valence-corrected chi connectivity index (χ1v) is 10.3. The van der Waals surface area contributed by atoms with Crippen molar-refractivity contribution >= 4 is 5.91 Å². The van der Waals surface area contributed by atoms with Gasteiger partial charge in [-0.15, -0.1) is 0 Å². The molecule has 0 aromatic heterocycles. The molecule has 2 heterocycles. The van der Waals surface area contributed by atoms with E-state index in [4.69, 9.17) is 0 Å². The van der Waals surface area contributed by atoms with Gasteiger partial charge in [-0.2, -0.15) is 0 Å². The van der Waals surface area contributed by atoms with E-state index in [0.29, 0.717) is 17.2 Å². The minimum absolute atomic E-state index is 0.344. The summed E-state index contributed by atoms with van der Waals surface area (Å²) in [7, 11) is 2.17. The van der Waals surface area contributed by atoms with E-state index in [-0.39, 0.29) is 0 Å². The maximum Gasteiger partial charge on any atom is 0.226 e. The summed E-state index contributed by atoms with van der Waals surface area (Å²) in [5.74, 6) is 1.67. The molecule has 3 aliphatic rings. The largest absolute Gasteiger partial charge is 0.341 e. The summed E-state index contributed by atoms with van der Waals surface area (Å²) < 4.78 is 0. The fraction of sp³-hybridized carbons (Fsp3) is 0.950. The van der Waals surface area contributed by atoms with Crippen molar-refractivity contribution in [3.8, 4) is 0 Å². The van der Waals surface area contributed by atoms with E-state index >= 15 is 0 Å². The molecule has 3 rings (SSSR count). The number of piperidine rings is 1. The Morgan fingerprint density at radius 1 is 1.04 bits per heavy atom. The number of carbonyl (C=O) groups excluding carboxylic acids is 1. The van der Waals surface area contributed by atoms with Crippen LogP contribution in [-0.2, 0) is 4.79 Å². The molecular formula is C20H37N3O. The van der Waals surface area contributed by atoms with Crippen molar-refractivity contribution in [1.82, 2.24) is 14.7 Å². The Balaban J connectivity index is 1.47. The lowest BCUT2D eigenvalue weighted by Crippen LogP contribution is -2.41. The van der Waals surface area contributed by atoms with Crippen molar-refractivity contribution in [2.75, 3.05) is 52.9 Å². The third-order valence-electron chi connectivity index (χ3n) is 7.04. The van der Waals surface area contributed by atoms with Gasteiger partial charge in [0.2, 0.25) is 5.91 Å². The van der Waals surface area contributed by atoms with E-state index in [1.54, 1.807) is 0 Å². The van der Waals surface area contributed by atoms with Crippen LogP contribution in [0.15, 0.2) is 0 Å². The number of likely N-dealkylation sites (N-methyl/N-ethyl adjacent to an activating group) is 1. The Morgan fingerprint density at radius 2 is 1.75 bits per heavy atom. The third kappa shape index (κ3) is 3.96. The van der Waals surface area contributed by atoms with Crippen LogP contribution in [0.5, 0.6) is 0 Å². The molecule has 1 atom stereocenters. The lowest BCUT2D eigenvalue weighted by molar-refractivity contribution is -0.133. The predicted octanol–water partition coefficient (Wildman–Crippen LogP) is 2.69. The molecule has 24 heavy (non-hydrogen) atoms. The van der Waals surface area contributed by atoms with Gasteiger partial charge < -0.3 is 14.7 Å². The number of nitrogens with zero attached hydrogens (tertiary/aromatic N) is 3. The van der Waals surface area contributed by atoms with Gasteiger partial charge in [0.25, 0.3) is 0 Å². The van der Waals surface area contributed by atoms with E-state index in [0.717, 1.165) is 44.9 Å². The van der Waals surface area contributed by atoms with Crippen molar-refractivity contribution in [1.29, 1.82) is 0 Å². The normalized spacial score (nSPS) is 28.3. The number of carbonyl (C=O) groups is 1. The third-order valence-corrected chi connectivity index (χ3v) is 7.04. The number of hydrogen-bond donors (Lipinski definition) is 0. The van der Waals surface area contributed by atoms with Gasteiger partial charge in [0.1, 0.15) is 0 Å². The summed E-state index contributed by atoms with van der Waals surface area (Å²) in [5.41, 5.74) is 0.375. The summed E-state index contributed by atoms with van der Waals surface area (Å²) in [4.78, 5) is 20.1. The van der Waals surface area contributed by atoms with Gasteiger partial charge in [-0.25, -0.2) is 0 Å². The summed E-state index contributed by atoms with van der Waals surface area (Å²) in [5, 5.41) is 0. The molecule has 1 saturated carbocycles. The van der Waals surface area contributed by atoms with Crippen molar-refractivity contribution in [2.24, 2.45) is 17.3 Å². The average Bonchev–Trinajstić information content (AvgIpc) is 3.34. The maximum absolute atomic E-state index is 12.9. The summed E-state index contributed by atoms with van der Waals surface area (Å²) in [6, 6.07) is 0. The Bertz CT molecular complexity index is 427. The van der Waals surface area contributed by atoms with Crippen LogP contribution < -0.4 is 0 Å². The minimum Gasteiger partial charge on any atom is -0.341 e. The lowest BCUT2D eigenvalue weighted by atomic mass is 9.89. The minimum atomic E-state index is 0.344. The molecule has 2 saturated heterocycles. The Kier molecular flexibility index (Phi) is 5.86. The number of rotatable bonds is 5. The van der Waals surface area contributed by atoms with E-state index in [9.17, 15) is 4.79 Å². The first-order valence-electron chi connectivity index (χ1n) is 10.3. The molecule has 138 valence electrons. The van der Waals surface area contributed by atoms with Crippen LogP contribution in [0.25, 0.3) is 0 Å². The second-order valence-electron chi connectivity index (χ2n) is 8.58. The van der Waals surface area contributed by atoms with Crippen LogP contribution in [0.1, 0.15) is 52.4 Å². The highest BCUT2D eigenvalue weighted by Gasteiger charge is 2.59. The first-order chi connectivity index (χ1) is 11.6. The Morgan fingerprint density at radius 3 is 2.42 bits per heavy atom. The standard InChI is InChI=1S/C20H37N3O/c1-4-17(5-2)16-22-11-7-20(8-12-22)15-18(20)19(24)23-10-6-9-21(3)13-14-23/h17-18H,4-16H2,1-3H3. The SMILES string of the molecule is CCC(CC)CN1CCC2(CC1)CC2C(=O)N1CCCN(C)CC1. The molecule has 0 radical (unpaired) electrons. The quantitative estimate of drug-likeness (QED) is 0.773. The molecule has 0 aromatic rings. The molecule has 1 amide bonds. The second kappa shape index (κ2) is 7.74. The van der Waals surface area contributed by atoms with Crippen molar-refractivity contribution < 1.29 is 4.79 Å². The number of amides is 1. The van der Waals surface area contributed by atoms with Crippen LogP contribution in [0.2, 0.25) is 0 Å². The van der Waals surface area contributed by atoms with Crippen molar-refractivity contribution in [3.05, 3.63) is 0 Å². The lowest BCUT2D eigenvalue weighted by Gasteiger charge is -2.35. The van der Waals surface area contributed by atoms with Crippen molar-refractivity contribution in [2.45, 2.75) is 52.4 Å². The van der Waals surface area contributed by atoms with Crippen LogP contribution in [0, 0.1) is 17.3 Å². The Labute approximate surface area is 148 Å². The zero-order chi connectivity index (χ0) is 17.2. The van der Waals surface area contributed by atoms with E-state index < -0.39 is 0 Å². The molecule has 1 aliphatic carbocycles. The number of hydrogen-bond acceptors (Lipinski definition) is 3. The molecule has 1 spiro atoms. The van der Waals surface area contributed by atoms with Gasteiger partial charge >= 0.3 is 0 Å². The van der Waals surface area contributed by atoms with Crippen LogP contribution in [-0.4, -0.2) is 73.5 Å². The molecule has 4 heteroatoms. The van der Waals surface area contributed by atoms with E-state index in [2.05, 4.69) is 35.6 Å². The van der Waals surface area contributed by atoms with E-state index in [1.807, 2.05) is 0 Å². The fourth-order valence-electron chi connectivity index (χ4n) is 4.83. The predicted molar refractivity (Wildman–Crippen MR) is 99.0 cm³/mol. The molecule has 3 fully saturated rings. The zero-order valence-electron chi connectivity index (χ0n) is 16.1. The fourth-order valence-corrected chi connectivity index (χ4v) is 4.83. The molecule has 0 bridgehead atoms. The molecule has 2 aliphatic heterocycles. The number of likely N-dealkylation sites (tertiary alicyclic amines) is 1. The monoisotopic (exact) mass is 335 g/mol. The second-order valence-corrected chi connectivity index (χ2v) is 8.58. The first kappa shape index (κ1) is 18.2. The van der Waals surface area contributed by atoms with Gasteiger partial charge in [0, 0.05) is 32.1 Å². The highest BCUT2D eigenvalue weighted by atomic mass is 16.2. The highest BCUT2D eigenvalue weighted by Crippen LogP contribution is 2.60. The van der Waals surface area contributed by atoms with Gasteiger partial charge in [-0.05, 0) is 63.7 Å². The van der Waals surface area contributed by atoms with Gasteiger partial charge in [0.05, 0.1) is 0 Å². The summed E-state index contributed by atoms with van der Waals surface area (Å²) in [6.45, 7) is 12.4. The van der Waals surface area contributed by atoms with Crippen molar-refractivity contribution in [3.63, 3.8) is 0 Å². The summed E-state index contributed by atoms with van der Waals surface area (Å²) in [6.07, 6.45) is 7.38. The van der Waals surface area contributed by atoms with Crippen LogP contribution >= 0.6 is 0 Å².